The number of amides is 1. The second-order valence-electron chi connectivity index (χ2n) is 5.46. The van der Waals surface area contributed by atoms with E-state index in [1.165, 1.54) is 39.2 Å². The lowest BCUT2D eigenvalue weighted by atomic mass is 9.84. The fourth-order valence-corrected chi connectivity index (χ4v) is 2.77. The predicted molar refractivity (Wildman–Crippen MR) is 82.1 cm³/mol. The summed E-state index contributed by atoms with van der Waals surface area (Å²) in [5.74, 6) is 0.916. The third-order valence-electron chi connectivity index (χ3n) is 4.11. The van der Waals surface area contributed by atoms with Crippen LogP contribution < -0.4 is 10.6 Å². The Kier molecular flexibility index (Phi) is 5.27. The Morgan fingerprint density at radius 2 is 1.75 bits per heavy atom. The predicted octanol–water partition coefficient (Wildman–Crippen LogP) is 4.25. The Hall–Kier alpha value is -1.71. The standard InChI is InChI=1S/C16H24N2O2/c1-3-12-4-6-13(7-5-12)17-14-8-10-15(11-9-14)18-16(19)20-2/h8-13,17H,3-7H2,1-2H3,(H,18,19). The molecule has 1 aromatic rings. The molecule has 1 aromatic carbocycles. The molecule has 0 heterocycles. The molecule has 1 aliphatic rings. The molecule has 2 N–H and O–H groups in total. The fraction of sp³-hybridized carbons (Fsp3) is 0.562. The largest absolute Gasteiger partial charge is 0.453 e. The highest BCUT2D eigenvalue weighted by Gasteiger charge is 2.19. The first-order valence-corrected chi connectivity index (χ1v) is 7.42. The molecule has 0 aromatic heterocycles. The van der Waals surface area contributed by atoms with Gasteiger partial charge in [-0.05, 0) is 55.9 Å². The maximum Gasteiger partial charge on any atom is 0.411 e. The molecule has 4 nitrogen and oxygen atoms in total. The lowest BCUT2D eigenvalue weighted by molar-refractivity contribution is 0.187. The van der Waals surface area contributed by atoms with Crippen LogP contribution in [-0.2, 0) is 4.74 Å². The summed E-state index contributed by atoms with van der Waals surface area (Å²) in [6.07, 6.45) is 6.03. The molecular weight excluding hydrogens is 252 g/mol. The molecule has 0 saturated heterocycles. The van der Waals surface area contributed by atoms with E-state index >= 15 is 0 Å². The van der Waals surface area contributed by atoms with E-state index in [-0.39, 0.29) is 0 Å². The van der Waals surface area contributed by atoms with Crippen molar-refractivity contribution in [2.75, 3.05) is 17.7 Å². The van der Waals surface area contributed by atoms with Crippen molar-refractivity contribution in [2.45, 2.75) is 45.1 Å². The number of hydrogen-bond acceptors (Lipinski definition) is 3. The lowest BCUT2D eigenvalue weighted by Gasteiger charge is -2.29. The molecule has 1 saturated carbocycles. The monoisotopic (exact) mass is 276 g/mol. The van der Waals surface area contributed by atoms with Crippen LogP contribution in [0.25, 0.3) is 0 Å². The van der Waals surface area contributed by atoms with Crippen LogP contribution in [0, 0.1) is 5.92 Å². The summed E-state index contributed by atoms with van der Waals surface area (Å²) in [6.45, 7) is 2.28. The summed E-state index contributed by atoms with van der Waals surface area (Å²) in [7, 11) is 1.36. The topological polar surface area (TPSA) is 50.4 Å². The number of anilines is 2. The van der Waals surface area contributed by atoms with Crippen LogP contribution in [0.3, 0.4) is 0 Å². The van der Waals surface area contributed by atoms with Gasteiger partial charge in [-0.2, -0.15) is 0 Å². The van der Waals surface area contributed by atoms with Crippen LogP contribution in [-0.4, -0.2) is 19.2 Å². The summed E-state index contributed by atoms with van der Waals surface area (Å²) in [5, 5.41) is 6.22. The molecule has 2 rings (SSSR count). The minimum Gasteiger partial charge on any atom is -0.453 e. The molecule has 4 heteroatoms. The van der Waals surface area contributed by atoms with Crippen molar-refractivity contribution >= 4 is 17.5 Å². The molecule has 0 bridgehead atoms. The van der Waals surface area contributed by atoms with Crippen LogP contribution in [0.1, 0.15) is 39.0 Å². The minimum absolute atomic E-state index is 0.441. The average molecular weight is 276 g/mol. The van der Waals surface area contributed by atoms with Crippen LogP contribution in [0.15, 0.2) is 24.3 Å². The van der Waals surface area contributed by atoms with Crippen molar-refractivity contribution in [3.8, 4) is 0 Å². The third kappa shape index (κ3) is 4.15. The number of hydrogen-bond donors (Lipinski definition) is 2. The highest BCUT2D eigenvalue weighted by molar-refractivity contribution is 5.84. The van der Waals surface area contributed by atoms with Crippen molar-refractivity contribution < 1.29 is 9.53 Å². The maximum atomic E-state index is 11.1. The molecule has 0 spiro atoms. The molecule has 0 unspecified atom stereocenters. The first-order valence-electron chi connectivity index (χ1n) is 7.42. The van der Waals surface area contributed by atoms with Crippen LogP contribution in [0.2, 0.25) is 0 Å². The van der Waals surface area contributed by atoms with Gasteiger partial charge >= 0.3 is 6.09 Å². The number of benzene rings is 1. The van der Waals surface area contributed by atoms with Gasteiger partial charge in [0.2, 0.25) is 0 Å². The number of carbonyl (C=O) groups is 1. The second kappa shape index (κ2) is 7.17. The van der Waals surface area contributed by atoms with Gasteiger partial charge in [-0.15, -0.1) is 0 Å². The van der Waals surface area contributed by atoms with Gasteiger partial charge in [0, 0.05) is 17.4 Å². The zero-order valence-corrected chi connectivity index (χ0v) is 12.3. The van der Waals surface area contributed by atoms with Gasteiger partial charge in [0.1, 0.15) is 0 Å². The molecular formula is C16H24N2O2. The molecule has 1 aliphatic carbocycles. The zero-order chi connectivity index (χ0) is 14.4. The van der Waals surface area contributed by atoms with Crippen molar-refractivity contribution in [2.24, 2.45) is 5.92 Å². The molecule has 1 amide bonds. The summed E-state index contributed by atoms with van der Waals surface area (Å²) in [5.41, 5.74) is 1.86. The quantitative estimate of drug-likeness (QED) is 0.864. The fourth-order valence-electron chi connectivity index (χ4n) is 2.77. The normalized spacial score (nSPS) is 22.1. The van der Waals surface area contributed by atoms with E-state index in [1.807, 2.05) is 24.3 Å². The summed E-state index contributed by atoms with van der Waals surface area (Å²) in [4.78, 5) is 11.1. The Morgan fingerprint density at radius 1 is 1.15 bits per heavy atom. The Morgan fingerprint density at radius 3 is 2.30 bits per heavy atom. The third-order valence-corrected chi connectivity index (χ3v) is 4.11. The zero-order valence-electron chi connectivity index (χ0n) is 12.3. The van der Waals surface area contributed by atoms with Gasteiger partial charge < -0.3 is 10.1 Å². The van der Waals surface area contributed by atoms with Gasteiger partial charge in [0.05, 0.1) is 7.11 Å². The van der Waals surface area contributed by atoms with Crippen LogP contribution >= 0.6 is 0 Å². The molecule has 0 aliphatic heterocycles. The Balaban J connectivity index is 1.83. The first-order chi connectivity index (χ1) is 9.71. The summed E-state index contributed by atoms with van der Waals surface area (Å²) < 4.78 is 4.56. The van der Waals surface area contributed by atoms with Gasteiger partial charge in [0.25, 0.3) is 0 Å². The van der Waals surface area contributed by atoms with E-state index in [4.69, 9.17) is 0 Å². The van der Waals surface area contributed by atoms with E-state index in [0.717, 1.165) is 17.3 Å². The molecule has 0 atom stereocenters. The highest BCUT2D eigenvalue weighted by Crippen LogP contribution is 2.28. The van der Waals surface area contributed by atoms with E-state index in [2.05, 4.69) is 22.3 Å². The van der Waals surface area contributed by atoms with Gasteiger partial charge in [-0.25, -0.2) is 4.79 Å². The smallest absolute Gasteiger partial charge is 0.411 e. The van der Waals surface area contributed by atoms with Crippen molar-refractivity contribution in [1.29, 1.82) is 0 Å². The summed E-state index contributed by atoms with van der Waals surface area (Å²) in [6, 6.07) is 8.35. The van der Waals surface area contributed by atoms with E-state index in [9.17, 15) is 4.79 Å². The first kappa shape index (κ1) is 14.7. The van der Waals surface area contributed by atoms with Crippen LogP contribution in [0.5, 0.6) is 0 Å². The Labute approximate surface area is 120 Å². The lowest BCUT2D eigenvalue weighted by Crippen LogP contribution is -2.25. The number of ether oxygens (including phenoxy) is 1. The van der Waals surface area contributed by atoms with E-state index in [1.54, 1.807) is 0 Å². The van der Waals surface area contributed by atoms with Crippen molar-refractivity contribution in [1.82, 2.24) is 0 Å². The van der Waals surface area contributed by atoms with Crippen molar-refractivity contribution in [3.05, 3.63) is 24.3 Å². The number of nitrogens with one attached hydrogen (secondary N) is 2. The van der Waals surface area contributed by atoms with E-state index in [0.29, 0.717) is 6.04 Å². The maximum absolute atomic E-state index is 11.1. The number of rotatable bonds is 4. The molecule has 0 radical (unpaired) electrons. The van der Waals surface area contributed by atoms with Crippen LogP contribution in [0.4, 0.5) is 16.2 Å². The number of methoxy groups -OCH3 is 1. The van der Waals surface area contributed by atoms with E-state index < -0.39 is 6.09 Å². The summed E-state index contributed by atoms with van der Waals surface area (Å²) >= 11 is 0. The number of carbonyl (C=O) groups excluding carboxylic acids is 1. The molecule has 20 heavy (non-hydrogen) atoms. The SMILES string of the molecule is CCC1CCC(Nc2ccc(NC(=O)OC)cc2)CC1. The van der Waals surface area contributed by atoms with Gasteiger partial charge in [-0.1, -0.05) is 13.3 Å². The molecule has 1 fully saturated rings. The van der Waals surface area contributed by atoms with Gasteiger partial charge in [0.15, 0.2) is 0 Å². The van der Waals surface area contributed by atoms with Crippen molar-refractivity contribution in [3.63, 3.8) is 0 Å². The Bertz CT molecular complexity index is 423. The van der Waals surface area contributed by atoms with Gasteiger partial charge in [-0.3, -0.25) is 5.32 Å². The second-order valence-corrected chi connectivity index (χ2v) is 5.46. The minimum atomic E-state index is -0.441. The average Bonchev–Trinajstić information content (AvgIpc) is 2.50. The molecule has 110 valence electrons. The highest BCUT2D eigenvalue weighted by atomic mass is 16.5.